The van der Waals surface area contributed by atoms with E-state index < -0.39 is 0 Å². The van der Waals surface area contributed by atoms with E-state index in [1.165, 1.54) is 19.3 Å². The van der Waals surface area contributed by atoms with Gasteiger partial charge < -0.3 is 15.7 Å². The number of rotatable bonds is 11. The molecule has 0 heterocycles. The lowest BCUT2D eigenvalue weighted by Gasteiger charge is -2.05. The predicted octanol–water partition coefficient (Wildman–Crippen LogP) is 1.04. The third kappa shape index (κ3) is 11.5. The highest BCUT2D eigenvalue weighted by atomic mass is 16.3. The van der Waals surface area contributed by atoms with Crippen LogP contribution in [-0.4, -0.2) is 37.3 Å². The van der Waals surface area contributed by atoms with E-state index in [-0.39, 0.29) is 12.5 Å². The van der Waals surface area contributed by atoms with Gasteiger partial charge in [0.1, 0.15) is 0 Å². The molecule has 0 radical (unpaired) electrons. The van der Waals surface area contributed by atoms with E-state index in [0.29, 0.717) is 19.5 Å². The Hall–Kier alpha value is -0.610. The fourth-order valence-electron chi connectivity index (χ4n) is 1.47. The van der Waals surface area contributed by atoms with Crippen LogP contribution < -0.4 is 10.6 Å². The molecule has 0 saturated heterocycles. The van der Waals surface area contributed by atoms with Gasteiger partial charge in [0.25, 0.3) is 0 Å². The number of nitrogens with one attached hydrogen (secondary N) is 2. The highest BCUT2D eigenvalue weighted by Crippen LogP contribution is 2.04. The number of carbonyl (C=O) groups is 1. The minimum Gasteiger partial charge on any atom is -0.395 e. The van der Waals surface area contributed by atoms with Gasteiger partial charge in [-0.05, 0) is 6.42 Å². The molecule has 16 heavy (non-hydrogen) atoms. The van der Waals surface area contributed by atoms with E-state index in [1.54, 1.807) is 0 Å². The smallest absolute Gasteiger partial charge is 0.220 e. The summed E-state index contributed by atoms with van der Waals surface area (Å²) >= 11 is 0. The van der Waals surface area contributed by atoms with Crippen LogP contribution in [-0.2, 0) is 4.79 Å². The van der Waals surface area contributed by atoms with Crippen molar-refractivity contribution in [3.05, 3.63) is 0 Å². The van der Waals surface area contributed by atoms with Crippen LogP contribution in [0.15, 0.2) is 0 Å². The molecule has 0 aliphatic heterocycles. The Morgan fingerprint density at radius 1 is 1.06 bits per heavy atom. The Balaban J connectivity index is 3.12. The Morgan fingerprint density at radius 3 is 2.50 bits per heavy atom. The van der Waals surface area contributed by atoms with Crippen molar-refractivity contribution in [2.24, 2.45) is 0 Å². The molecule has 0 atom stereocenters. The fraction of sp³-hybridized carbons (Fsp3) is 0.917. The van der Waals surface area contributed by atoms with Gasteiger partial charge in [-0.2, -0.15) is 0 Å². The number of aliphatic hydroxyl groups excluding tert-OH is 1. The van der Waals surface area contributed by atoms with Gasteiger partial charge in [-0.15, -0.1) is 0 Å². The zero-order valence-corrected chi connectivity index (χ0v) is 10.4. The van der Waals surface area contributed by atoms with Gasteiger partial charge in [0.2, 0.25) is 5.91 Å². The number of hydrogen-bond donors (Lipinski definition) is 3. The lowest BCUT2D eigenvalue weighted by molar-refractivity contribution is -0.121. The standard InChI is InChI=1S/C12H26N2O2/c1-2-3-4-5-6-7-12(16)14-9-8-13-10-11-15/h13,15H,2-11H2,1H3,(H,14,16). The van der Waals surface area contributed by atoms with Crippen LogP contribution in [0.1, 0.15) is 45.4 Å². The highest BCUT2D eigenvalue weighted by Gasteiger charge is 1.99. The average Bonchev–Trinajstić information content (AvgIpc) is 2.28. The third-order valence-electron chi connectivity index (χ3n) is 2.42. The molecule has 0 aromatic heterocycles. The van der Waals surface area contributed by atoms with Gasteiger partial charge in [0.15, 0.2) is 0 Å². The van der Waals surface area contributed by atoms with Crippen LogP contribution in [0.25, 0.3) is 0 Å². The third-order valence-corrected chi connectivity index (χ3v) is 2.42. The summed E-state index contributed by atoms with van der Waals surface area (Å²) in [4.78, 5) is 11.3. The van der Waals surface area contributed by atoms with Crippen molar-refractivity contribution in [3.63, 3.8) is 0 Å². The SMILES string of the molecule is CCCCCCCC(=O)NCCNCCO. The zero-order chi connectivity index (χ0) is 12.1. The second kappa shape index (κ2) is 12.5. The Kier molecular flexibility index (Phi) is 12.0. The molecular weight excluding hydrogens is 204 g/mol. The molecule has 0 saturated carbocycles. The van der Waals surface area contributed by atoms with Crippen LogP contribution in [0.2, 0.25) is 0 Å². The van der Waals surface area contributed by atoms with Crippen molar-refractivity contribution >= 4 is 5.91 Å². The van der Waals surface area contributed by atoms with Crippen molar-refractivity contribution in [1.29, 1.82) is 0 Å². The van der Waals surface area contributed by atoms with Gasteiger partial charge in [-0.3, -0.25) is 4.79 Å². The molecular formula is C12H26N2O2. The van der Waals surface area contributed by atoms with Gasteiger partial charge in [0, 0.05) is 26.1 Å². The predicted molar refractivity (Wildman–Crippen MR) is 66.3 cm³/mol. The normalized spacial score (nSPS) is 10.4. The number of unbranched alkanes of at least 4 members (excludes halogenated alkanes) is 4. The van der Waals surface area contributed by atoms with Crippen molar-refractivity contribution in [2.45, 2.75) is 45.4 Å². The van der Waals surface area contributed by atoms with Gasteiger partial charge >= 0.3 is 0 Å². The molecule has 0 spiro atoms. The second-order valence-electron chi connectivity index (χ2n) is 3.99. The number of hydrogen-bond acceptors (Lipinski definition) is 3. The summed E-state index contributed by atoms with van der Waals surface area (Å²) in [6.07, 6.45) is 6.54. The average molecular weight is 230 g/mol. The largest absolute Gasteiger partial charge is 0.395 e. The first-order valence-corrected chi connectivity index (χ1v) is 6.39. The van der Waals surface area contributed by atoms with Crippen molar-refractivity contribution in [3.8, 4) is 0 Å². The summed E-state index contributed by atoms with van der Waals surface area (Å²) in [7, 11) is 0. The summed E-state index contributed by atoms with van der Waals surface area (Å²) in [6.45, 7) is 4.29. The van der Waals surface area contributed by atoms with Crippen molar-refractivity contribution < 1.29 is 9.90 Å². The van der Waals surface area contributed by atoms with Crippen LogP contribution >= 0.6 is 0 Å². The maximum absolute atomic E-state index is 11.3. The van der Waals surface area contributed by atoms with Gasteiger partial charge in [0.05, 0.1) is 6.61 Å². The van der Waals surface area contributed by atoms with Gasteiger partial charge in [-0.1, -0.05) is 32.6 Å². The molecule has 0 aromatic rings. The molecule has 0 unspecified atom stereocenters. The molecule has 0 fully saturated rings. The molecule has 4 nitrogen and oxygen atoms in total. The second-order valence-corrected chi connectivity index (χ2v) is 3.99. The molecule has 0 rings (SSSR count). The van der Waals surface area contributed by atoms with Gasteiger partial charge in [-0.25, -0.2) is 0 Å². The summed E-state index contributed by atoms with van der Waals surface area (Å²) in [6, 6.07) is 0. The highest BCUT2D eigenvalue weighted by molar-refractivity contribution is 5.75. The first-order valence-electron chi connectivity index (χ1n) is 6.39. The summed E-state index contributed by atoms with van der Waals surface area (Å²) in [5, 5.41) is 14.4. The first kappa shape index (κ1) is 15.4. The van der Waals surface area contributed by atoms with E-state index >= 15 is 0 Å². The van der Waals surface area contributed by atoms with Crippen LogP contribution in [0.5, 0.6) is 0 Å². The molecule has 3 N–H and O–H groups in total. The van der Waals surface area contributed by atoms with E-state index in [2.05, 4.69) is 17.6 Å². The lowest BCUT2D eigenvalue weighted by Crippen LogP contribution is -2.32. The Bertz CT molecular complexity index is 147. The first-order chi connectivity index (χ1) is 7.81. The molecule has 0 aliphatic rings. The Labute approximate surface area is 98.8 Å². The maximum atomic E-state index is 11.3. The molecule has 0 aliphatic carbocycles. The minimum absolute atomic E-state index is 0.141. The van der Waals surface area contributed by atoms with Crippen LogP contribution in [0.4, 0.5) is 0 Å². The molecule has 1 amide bonds. The summed E-state index contributed by atoms with van der Waals surface area (Å²) in [5.74, 6) is 0.141. The molecule has 0 aromatic carbocycles. The lowest BCUT2D eigenvalue weighted by atomic mass is 10.1. The number of carbonyl (C=O) groups excluding carboxylic acids is 1. The number of amides is 1. The maximum Gasteiger partial charge on any atom is 0.220 e. The topological polar surface area (TPSA) is 61.4 Å². The van der Waals surface area contributed by atoms with Crippen molar-refractivity contribution in [2.75, 3.05) is 26.2 Å². The fourth-order valence-corrected chi connectivity index (χ4v) is 1.47. The van der Waals surface area contributed by atoms with E-state index in [4.69, 9.17) is 5.11 Å². The summed E-state index contributed by atoms with van der Waals surface area (Å²) in [5.41, 5.74) is 0. The molecule has 4 heteroatoms. The minimum atomic E-state index is 0.141. The monoisotopic (exact) mass is 230 g/mol. The van der Waals surface area contributed by atoms with Crippen LogP contribution in [0.3, 0.4) is 0 Å². The van der Waals surface area contributed by atoms with E-state index in [1.807, 2.05) is 0 Å². The zero-order valence-electron chi connectivity index (χ0n) is 10.4. The van der Waals surface area contributed by atoms with Crippen molar-refractivity contribution in [1.82, 2.24) is 10.6 Å². The van der Waals surface area contributed by atoms with E-state index in [0.717, 1.165) is 19.4 Å². The summed E-state index contributed by atoms with van der Waals surface area (Å²) < 4.78 is 0. The molecule has 96 valence electrons. The molecule has 0 bridgehead atoms. The quantitative estimate of drug-likeness (QED) is 0.465. The Morgan fingerprint density at radius 2 is 1.81 bits per heavy atom. The number of aliphatic hydroxyl groups is 1. The van der Waals surface area contributed by atoms with E-state index in [9.17, 15) is 4.79 Å². The van der Waals surface area contributed by atoms with Crippen LogP contribution in [0, 0.1) is 0 Å².